The number of hydrogen-bond donors (Lipinski definition) is 0. The van der Waals surface area contributed by atoms with Crippen molar-refractivity contribution in [3.63, 3.8) is 0 Å². The molecule has 0 fully saturated rings. The van der Waals surface area contributed by atoms with Crippen molar-refractivity contribution in [1.29, 1.82) is 0 Å². The maximum atomic E-state index is 5.53. The molecule has 131 valence electrons. The van der Waals surface area contributed by atoms with Gasteiger partial charge in [0.25, 0.3) is 0 Å². The third-order valence-electron chi connectivity index (χ3n) is 2.56. The molecule has 11 heteroatoms. The predicted octanol–water partition coefficient (Wildman–Crippen LogP) is 1.93. The Balaban J connectivity index is -0.000000329. The molecule has 0 aliphatic carbocycles. The maximum absolute atomic E-state index is 5.53. The van der Waals surface area contributed by atoms with E-state index in [1.807, 2.05) is 6.92 Å². The third-order valence-corrected chi connectivity index (χ3v) is 4.46. The Hall–Kier alpha value is 0.985. The standard InChI is InChI=1S/C7H9ClN2S.C6H6BrClN2.CH4S.B.Na/c1-5(11-2)6-3-9-7(8)10-4-6;1-4(7)5-2-9-6(8)10-3-5;1-2;;/h3-5H,1-2H3;2-4H,1H3;2H,1H3;;/q;;;;+1/p-1. The van der Waals surface area contributed by atoms with Crippen LogP contribution >= 0.6 is 50.9 Å². The molecule has 2 unspecified atom stereocenters. The van der Waals surface area contributed by atoms with Crippen LogP contribution in [0.1, 0.15) is 35.1 Å². The Kier molecular flexibility index (Phi) is 22.5. The summed E-state index contributed by atoms with van der Waals surface area (Å²) in [5, 5.41) is 1.03. The molecule has 2 heterocycles. The molecule has 0 spiro atoms. The smallest absolute Gasteiger partial charge is 0.796 e. The third kappa shape index (κ3) is 13.7. The fraction of sp³-hybridized carbons (Fsp3) is 0.429. The van der Waals surface area contributed by atoms with Gasteiger partial charge in [-0.15, -0.1) is 0 Å². The van der Waals surface area contributed by atoms with Crippen LogP contribution in [0.4, 0.5) is 0 Å². The second kappa shape index (κ2) is 18.4. The summed E-state index contributed by atoms with van der Waals surface area (Å²) in [5.74, 6) is 0. The largest absolute Gasteiger partial charge is 1.00 e. The van der Waals surface area contributed by atoms with E-state index < -0.39 is 0 Å². The molecule has 25 heavy (non-hydrogen) atoms. The maximum Gasteiger partial charge on any atom is 1.00 e. The molecule has 0 aromatic carbocycles. The van der Waals surface area contributed by atoms with Gasteiger partial charge >= 0.3 is 29.6 Å². The number of halogens is 3. The van der Waals surface area contributed by atoms with E-state index in [0.717, 1.165) is 11.1 Å². The summed E-state index contributed by atoms with van der Waals surface area (Å²) in [7, 11) is 0. The molecule has 4 nitrogen and oxygen atoms in total. The molecular weight excluding hydrogens is 473 g/mol. The Labute approximate surface area is 202 Å². The van der Waals surface area contributed by atoms with Crippen LogP contribution in [-0.2, 0) is 12.6 Å². The molecular formula is C14H18BBrCl2N4NaS2. The van der Waals surface area contributed by atoms with E-state index in [1.165, 1.54) is 0 Å². The van der Waals surface area contributed by atoms with Crippen molar-refractivity contribution < 1.29 is 29.6 Å². The van der Waals surface area contributed by atoms with Crippen molar-refractivity contribution >= 4 is 71.9 Å². The Morgan fingerprint density at radius 1 is 0.920 bits per heavy atom. The number of rotatable bonds is 3. The van der Waals surface area contributed by atoms with E-state index >= 15 is 0 Å². The van der Waals surface area contributed by atoms with Crippen LogP contribution in [0.25, 0.3) is 0 Å². The van der Waals surface area contributed by atoms with Gasteiger partial charge in [0.2, 0.25) is 10.6 Å². The Morgan fingerprint density at radius 3 is 1.52 bits per heavy atom. The zero-order valence-electron chi connectivity index (χ0n) is 14.8. The minimum Gasteiger partial charge on any atom is -0.796 e. The van der Waals surface area contributed by atoms with Gasteiger partial charge in [0.15, 0.2) is 0 Å². The van der Waals surface area contributed by atoms with Gasteiger partial charge in [0.05, 0.1) is 0 Å². The zero-order chi connectivity index (χ0) is 17.8. The molecule has 0 bridgehead atoms. The molecule has 0 saturated carbocycles. The number of thioether (sulfide) groups is 1. The summed E-state index contributed by atoms with van der Waals surface area (Å²) in [6.45, 7) is 4.11. The Morgan fingerprint density at radius 2 is 1.24 bits per heavy atom. The minimum atomic E-state index is 0. The summed E-state index contributed by atoms with van der Waals surface area (Å²) >= 11 is 20.2. The van der Waals surface area contributed by atoms with Gasteiger partial charge in [-0.3, -0.25) is 0 Å². The predicted molar refractivity (Wildman–Crippen MR) is 112 cm³/mol. The summed E-state index contributed by atoms with van der Waals surface area (Å²) in [6, 6.07) is 0. The van der Waals surface area contributed by atoms with Gasteiger partial charge in [0, 0.05) is 54.4 Å². The topological polar surface area (TPSA) is 51.6 Å². The zero-order valence-corrected chi connectivity index (χ0v) is 21.5. The molecule has 0 aliphatic heterocycles. The first kappa shape index (κ1) is 30.7. The van der Waals surface area contributed by atoms with Crippen LogP contribution in [0.3, 0.4) is 0 Å². The van der Waals surface area contributed by atoms with Gasteiger partial charge in [-0.25, -0.2) is 19.9 Å². The average molecular weight is 491 g/mol. The van der Waals surface area contributed by atoms with Crippen molar-refractivity contribution in [2.75, 3.05) is 12.5 Å². The number of aromatic nitrogens is 4. The first-order chi connectivity index (χ1) is 10.9. The number of nitrogens with zero attached hydrogens (tertiary/aromatic N) is 4. The molecule has 2 aromatic rings. The van der Waals surface area contributed by atoms with Crippen molar-refractivity contribution in [3.8, 4) is 0 Å². The van der Waals surface area contributed by atoms with Crippen LogP contribution in [0.2, 0.25) is 10.6 Å². The second-order valence-corrected chi connectivity index (χ2v) is 7.29. The summed E-state index contributed by atoms with van der Waals surface area (Å²) in [6.07, 6.45) is 10.6. The second-order valence-electron chi connectivity index (χ2n) is 4.06. The van der Waals surface area contributed by atoms with Crippen LogP contribution in [0.5, 0.6) is 0 Å². The van der Waals surface area contributed by atoms with Crippen LogP contribution in [0.15, 0.2) is 24.8 Å². The molecule has 0 aliphatic rings. The van der Waals surface area contributed by atoms with Gasteiger partial charge in [-0.1, -0.05) is 15.9 Å². The first-order valence-corrected chi connectivity index (χ1v) is 10.2. The quantitative estimate of drug-likeness (QED) is 0.283. The molecule has 3 radical (unpaired) electrons. The normalized spacial score (nSPS) is 11.2. The first-order valence-electron chi connectivity index (χ1n) is 6.46. The number of alkyl halides is 1. The SMILES string of the molecule is CC(Br)c1cnc(Cl)nc1.CSC(C)c1cnc(Cl)nc1.C[S-].[B].[Na+]. The van der Waals surface area contributed by atoms with Gasteiger partial charge in [0.1, 0.15) is 0 Å². The molecule has 2 rings (SSSR count). The average Bonchev–Trinajstić information content (AvgIpc) is 2.57. The number of hydrogen-bond acceptors (Lipinski definition) is 6. The van der Waals surface area contributed by atoms with E-state index in [0.29, 0.717) is 10.5 Å². The van der Waals surface area contributed by atoms with E-state index in [-0.39, 0.29) is 48.1 Å². The summed E-state index contributed by atoms with van der Waals surface area (Å²) < 4.78 is 0. The van der Waals surface area contributed by atoms with Crippen LogP contribution in [0, 0.1) is 0 Å². The van der Waals surface area contributed by atoms with Crippen molar-refractivity contribution in [3.05, 3.63) is 46.5 Å². The van der Waals surface area contributed by atoms with Gasteiger partial charge in [-0.05, 0) is 43.3 Å². The molecule has 2 aromatic heterocycles. The van der Waals surface area contributed by atoms with Crippen molar-refractivity contribution in [2.24, 2.45) is 0 Å². The van der Waals surface area contributed by atoms with E-state index in [4.69, 9.17) is 23.2 Å². The molecule has 0 N–H and O–H groups in total. The Bertz CT molecular complexity index is 554. The van der Waals surface area contributed by atoms with Crippen LogP contribution in [-0.4, -0.2) is 40.9 Å². The summed E-state index contributed by atoms with van der Waals surface area (Å²) in [4.78, 5) is 15.7. The molecule has 0 saturated heterocycles. The fourth-order valence-corrected chi connectivity index (χ4v) is 2.02. The fourth-order valence-electron chi connectivity index (χ4n) is 1.20. The van der Waals surface area contributed by atoms with Gasteiger partial charge < -0.3 is 12.6 Å². The van der Waals surface area contributed by atoms with Crippen LogP contribution < -0.4 is 29.6 Å². The van der Waals surface area contributed by atoms with E-state index in [2.05, 4.69) is 61.7 Å². The van der Waals surface area contributed by atoms with Crippen molar-refractivity contribution in [2.45, 2.75) is 23.9 Å². The molecule has 0 amide bonds. The van der Waals surface area contributed by atoms with Gasteiger partial charge in [-0.2, -0.15) is 18.0 Å². The van der Waals surface area contributed by atoms with Crippen molar-refractivity contribution in [1.82, 2.24) is 19.9 Å². The van der Waals surface area contributed by atoms with E-state index in [9.17, 15) is 0 Å². The monoisotopic (exact) mass is 489 g/mol. The molecule has 2 atom stereocenters. The summed E-state index contributed by atoms with van der Waals surface area (Å²) in [5.41, 5.74) is 2.14. The minimum absolute atomic E-state index is 0. The van der Waals surface area contributed by atoms with E-state index in [1.54, 1.807) is 42.8 Å².